The molecule has 34 N–H and O–H groups in total. The van der Waals surface area contributed by atoms with Gasteiger partial charge in [-0.05, 0) is 0 Å². The van der Waals surface area contributed by atoms with Gasteiger partial charge in [-0.1, -0.05) is 0 Å². The fraction of sp³-hybridized carbons (Fsp3) is 0. The van der Waals surface area contributed by atoms with Crippen molar-refractivity contribution in [2.24, 2.45) is 0 Å². The Labute approximate surface area is 211 Å². The fourth-order valence-electron chi connectivity index (χ4n) is 0. The minimum Gasteiger partial charge on any atom is -0.759 e. The molecule has 34 heteroatoms. The first-order chi connectivity index (χ1) is 6.00. The maximum absolute atomic E-state index is 8.52. The van der Waals surface area contributed by atoms with Crippen LogP contribution in [-0.2, 0) is 65.9 Å². The molecule has 0 aromatic heterocycles. The zero-order valence-corrected chi connectivity index (χ0v) is 20.4. The topological polar surface area (TPSA) is 776 Å². The van der Waals surface area contributed by atoms with Crippen LogP contribution in [0.1, 0.15) is 0 Å². The first kappa shape index (κ1) is 257. The molecule has 0 spiro atoms. The summed E-state index contributed by atoms with van der Waals surface area (Å²) >= 11 is 0. The minimum absolute atomic E-state index is 0. The maximum atomic E-state index is 8.52. The quantitative estimate of drug-likeness (QED) is 0.168. The summed E-state index contributed by atoms with van der Waals surface area (Å²) < 4.78 is 102. The second kappa shape index (κ2) is 104. The summed E-state index contributed by atoms with van der Waals surface area (Å²) in [5, 5.41) is 0. The van der Waals surface area contributed by atoms with Crippen molar-refractivity contribution in [1.82, 2.24) is 0 Å². The molecule has 238 valence electrons. The molecule has 0 aliphatic rings. The smallest absolute Gasteiger partial charge is 0.759 e. The van der Waals surface area contributed by atoms with E-state index in [1.54, 1.807) is 0 Å². The Bertz CT molecular complexity index is 346. The van der Waals surface area contributed by atoms with E-state index in [2.05, 4.69) is 0 Å². The third-order valence-corrected chi connectivity index (χ3v) is 0. The fourth-order valence-corrected chi connectivity index (χ4v) is 0. The summed E-state index contributed by atoms with van der Waals surface area (Å²) in [5.41, 5.74) is 0. The van der Waals surface area contributed by atoms with Crippen LogP contribution < -0.4 is 0 Å². The van der Waals surface area contributed by atoms with Crippen LogP contribution >= 0.6 is 0 Å². The van der Waals surface area contributed by atoms with Gasteiger partial charge in [0.25, 0.3) is 0 Å². The molecule has 2 radical (unpaired) electrons. The van der Waals surface area contributed by atoms with Gasteiger partial charge in [0.1, 0.15) is 0 Å². The Balaban J connectivity index is -0.00000000248. The summed E-state index contributed by atoms with van der Waals surface area (Å²) in [4.78, 5) is 0. The van der Waals surface area contributed by atoms with Crippen molar-refractivity contribution in [3.05, 3.63) is 0 Å². The summed E-state index contributed by atoms with van der Waals surface area (Å²) in [6.45, 7) is 0. The monoisotopic (exact) mass is 698 g/mol. The SMILES string of the molecule is O.O.O.O.O.O.O.O.O.O.O.O.O.O.O.O.O.O=S(=O)([O-])[O-].O=S(=O)([O-])[O-].O=S(=O)([O-])[O-].[Cr+3].[Cr+3]. The van der Waals surface area contributed by atoms with Crippen LogP contribution in [0.5, 0.6) is 0 Å². The van der Waals surface area contributed by atoms with Gasteiger partial charge in [-0.3, -0.25) is 25.3 Å². The first-order valence-corrected chi connectivity index (χ1v) is 6.00. The third kappa shape index (κ3) is 1200000000. The predicted molar refractivity (Wildman–Crippen MR) is 92.9 cm³/mol. The molecule has 0 bridgehead atoms. The molecule has 0 heterocycles. The van der Waals surface area contributed by atoms with Gasteiger partial charge in [0.15, 0.2) is 0 Å². The van der Waals surface area contributed by atoms with Gasteiger partial charge in [0, 0.05) is 31.2 Å². The van der Waals surface area contributed by atoms with Crippen molar-refractivity contribution < 1.29 is 180 Å². The maximum Gasteiger partial charge on any atom is 3.00 e. The molecule has 0 aromatic carbocycles. The number of hydrogen-bond acceptors (Lipinski definition) is 12. The zero-order valence-electron chi connectivity index (χ0n) is 15.4. The molecule has 0 rings (SSSR count). The van der Waals surface area contributed by atoms with Crippen LogP contribution in [0.15, 0.2) is 0 Å². The average Bonchev–Trinajstić information content (AvgIpc) is 1.41. The average molecular weight is 698 g/mol. The van der Waals surface area contributed by atoms with E-state index in [0.717, 1.165) is 0 Å². The van der Waals surface area contributed by atoms with Crippen molar-refractivity contribution in [3.8, 4) is 0 Å². The van der Waals surface area contributed by atoms with Crippen molar-refractivity contribution >= 4 is 31.2 Å². The van der Waals surface area contributed by atoms with Crippen LogP contribution in [0, 0.1) is 0 Å². The van der Waals surface area contributed by atoms with Gasteiger partial charge >= 0.3 is 34.7 Å². The molecule has 0 atom stereocenters. The second-order valence-electron chi connectivity index (χ2n) is 1.22. The van der Waals surface area contributed by atoms with Crippen molar-refractivity contribution in [2.45, 2.75) is 0 Å². The van der Waals surface area contributed by atoms with E-state index in [1.165, 1.54) is 0 Å². The Morgan fingerprint density at radius 3 is 0.235 bits per heavy atom. The van der Waals surface area contributed by atoms with Crippen molar-refractivity contribution in [2.75, 3.05) is 0 Å². The zero-order chi connectivity index (χ0) is 13.5. The van der Waals surface area contributed by atoms with Crippen molar-refractivity contribution in [1.29, 1.82) is 0 Å². The molecular weight excluding hydrogens is 664 g/mol. The molecule has 0 amide bonds. The van der Waals surface area contributed by atoms with E-state index in [-0.39, 0.29) is 128 Å². The molecule has 0 fully saturated rings. The van der Waals surface area contributed by atoms with Gasteiger partial charge in [0.2, 0.25) is 0 Å². The summed E-state index contributed by atoms with van der Waals surface area (Å²) in [7, 11) is -15.5. The van der Waals surface area contributed by atoms with Crippen molar-refractivity contribution in [3.63, 3.8) is 0 Å². The summed E-state index contributed by atoms with van der Waals surface area (Å²) in [6, 6.07) is 0. The molecular formula is H34Cr2O29S3. The molecule has 0 unspecified atom stereocenters. The molecule has 0 saturated carbocycles. The Morgan fingerprint density at radius 1 is 0.235 bits per heavy atom. The van der Waals surface area contributed by atoms with Crippen LogP contribution in [0.25, 0.3) is 0 Å². The summed E-state index contributed by atoms with van der Waals surface area (Å²) in [5.74, 6) is 0. The predicted octanol–water partition coefficient (Wildman–Crippen LogP) is -18.0. The molecule has 0 saturated heterocycles. The largest absolute Gasteiger partial charge is 3.00 e. The first-order valence-electron chi connectivity index (χ1n) is 2.00. The molecule has 0 aliphatic carbocycles. The van der Waals surface area contributed by atoms with E-state index in [1.807, 2.05) is 0 Å². The minimum atomic E-state index is -5.17. The number of rotatable bonds is 0. The van der Waals surface area contributed by atoms with Gasteiger partial charge < -0.3 is 120 Å². The van der Waals surface area contributed by atoms with Crippen LogP contribution in [0.3, 0.4) is 0 Å². The second-order valence-corrected chi connectivity index (χ2v) is 3.67. The van der Waals surface area contributed by atoms with Crippen LogP contribution in [0.4, 0.5) is 0 Å². The Morgan fingerprint density at radius 2 is 0.235 bits per heavy atom. The molecule has 29 nitrogen and oxygen atoms in total. The van der Waals surface area contributed by atoms with E-state index >= 15 is 0 Å². The van der Waals surface area contributed by atoms with E-state index in [0.29, 0.717) is 0 Å². The van der Waals surface area contributed by atoms with Gasteiger partial charge in [-0.2, -0.15) is 0 Å². The third-order valence-electron chi connectivity index (χ3n) is 0. The summed E-state index contributed by atoms with van der Waals surface area (Å²) in [6.07, 6.45) is 0. The normalized spacial score (nSPS) is 5.12. The van der Waals surface area contributed by atoms with Gasteiger partial charge in [-0.15, -0.1) is 0 Å². The Kier molecular flexibility index (Phi) is 789. The standard InChI is InChI=1S/2Cr.3H2O4S.17H2O/c;;3*1-5(2,3)4;;;;;;;;;;;;;;;;;/h;;3*(H2,1,2,3,4);17*1H2/q2*+3;;;;;;;;;;;;;;;;;;;;/p-6. The van der Waals surface area contributed by atoms with Gasteiger partial charge in [0.05, 0.1) is 0 Å². The van der Waals surface area contributed by atoms with E-state index < -0.39 is 31.2 Å². The van der Waals surface area contributed by atoms with E-state index in [4.69, 9.17) is 52.6 Å². The van der Waals surface area contributed by atoms with Crippen LogP contribution in [-0.4, -0.2) is 146 Å². The van der Waals surface area contributed by atoms with Crippen LogP contribution in [0.2, 0.25) is 0 Å². The number of hydrogen-bond donors (Lipinski definition) is 0. The molecule has 0 aromatic rings. The molecule has 34 heavy (non-hydrogen) atoms. The van der Waals surface area contributed by atoms with E-state index in [9.17, 15) is 0 Å². The van der Waals surface area contributed by atoms with Gasteiger partial charge in [-0.25, -0.2) is 0 Å². The Hall–Kier alpha value is -0.00506. The molecule has 0 aliphatic heterocycles.